The van der Waals surface area contributed by atoms with E-state index in [1.54, 1.807) is 18.2 Å². The predicted octanol–water partition coefficient (Wildman–Crippen LogP) is 2.82. The van der Waals surface area contributed by atoms with E-state index in [4.69, 9.17) is 32.2 Å². The van der Waals surface area contributed by atoms with E-state index in [1.807, 2.05) is 20.8 Å². The Labute approximate surface area is 113 Å². The Balaban J connectivity index is 2.61. The Morgan fingerprint density at radius 2 is 2.00 bits per heavy atom. The minimum Gasteiger partial charge on any atom is -0.490 e. The number of amidine groups is 1. The van der Waals surface area contributed by atoms with Crippen molar-refractivity contribution in [2.75, 3.05) is 13.2 Å². The SMILES string of the molecule is CC(C)(C)OCCOc1cc(Cl)ccc1C(=N)N. The molecule has 0 radical (unpaired) electrons. The van der Waals surface area contributed by atoms with Crippen molar-refractivity contribution < 1.29 is 9.47 Å². The molecule has 0 aliphatic carbocycles. The number of hydrogen-bond donors (Lipinski definition) is 2. The summed E-state index contributed by atoms with van der Waals surface area (Å²) < 4.78 is 11.1. The monoisotopic (exact) mass is 270 g/mol. The number of hydrogen-bond acceptors (Lipinski definition) is 3. The third-order valence-electron chi connectivity index (χ3n) is 2.11. The molecule has 0 bridgehead atoms. The van der Waals surface area contributed by atoms with Crippen LogP contribution in [0.15, 0.2) is 18.2 Å². The molecule has 0 spiro atoms. The second-order valence-corrected chi connectivity index (χ2v) is 5.30. The summed E-state index contributed by atoms with van der Waals surface area (Å²) in [5, 5.41) is 8.00. The van der Waals surface area contributed by atoms with E-state index in [-0.39, 0.29) is 11.4 Å². The van der Waals surface area contributed by atoms with E-state index in [0.29, 0.717) is 29.5 Å². The number of nitrogens with two attached hydrogens (primary N) is 1. The van der Waals surface area contributed by atoms with Crippen molar-refractivity contribution in [3.8, 4) is 5.75 Å². The maximum absolute atomic E-state index is 7.45. The van der Waals surface area contributed by atoms with Gasteiger partial charge in [0.1, 0.15) is 18.2 Å². The van der Waals surface area contributed by atoms with Gasteiger partial charge in [-0.25, -0.2) is 0 Å². The van der Waals surface area contributed by atoms with Gasteiger partial charge in [-0.3, -0.25) is 5.41 Å². The molecule has 0 amide bonds. The van der Waals surface area contributed by atoms with Gasteiger partial charge in [-0.05, 0) is 39.0 Å². The summed E-state index contributed by atoms with van der Waals surface area (Å²) in [4.78, 5) is 0. The van der Waals surface area contributed by atoms with Crippen LogP contribution in [0.3, 0.4) is 0 Å². The largest absolute Gasteiger partial charge is 0.490 e. The zero-order valence-corrected chi connectivity index (χ0v) is 11.7. The van der Waals surface area contributed by atoms with Gasteiger partial charge in [-0.2, -0.15) is 0 Å². The fourth-order valence-corrected chi connectivity index (χ4v) is 1.50. The molecule has 0 saturated carbocycles. The highest BCUT2D eigenvalue weighted by atomic mass is 35.5. The second-order valence-electron chi connectivity index (χ2n) is 4.86. The van der Waals surface area contributed by atoms with Crippen LogP contribution in [0.1, 0.15) is 26.3 Å². The highest BCUT2D eigenvalue weighted by Crippen LogP contribution is 2.23. The molecule has 0 fully saturated rings. The number of nitrogens with one attached hydrogen (secondary N) is 1. The molecular formula is C13H19ClN2O2. The standard InChI is InChI=1S/C13H19ClN2O2/c1-13(2,3)18-7-6-17-11-8-9(14)4-5-10(11)12(15)16/h4-5,8H,6-7H2,1-3H3,(H3,15,16). The Morgan fingerprint density at radius 1 is 1.33 bits per heavy atom. The molecule has 1 rings (SSSR count). The van der Waals surface area contributed by atoms with Gasteiger partial charge in [0.2, 0.25) is 0 Å². The Hall–Kier alpha value is -1.26. The van der Waals surface area contributed by atoms with E-state index in [2.05, 4.69) is 0 Å². The van der Waals surface area contributed by atoms with Crippen LogP contribution in [0, 0.1) is 5.41 Å². The molecule has 5 heteroatoms. The minimum absolute atomic E-state index is 0.0431. The summed E-state index contributed by atoms with van der Waals surface area (Å²) in [5.41, 5.74) is 5.81. The number of rotatable bonds is 5. The van der Waals surface area contributed by atoms with Gasteiger partial charge in [0.15, 0.2) is 0 Å². The summed E-state index contributed by atoms with van der Waals surface area (Å²) in [6.45, 7) is 6.79. The van der Waals surface area contributed by atoms with Crippen LogP contribution in [0.5, 0.6) is 5.75 Å². The lowest BCUT2D eigenvalue weighted by Crippen LogP contribution is -2.23. The first-order valence-electron chi connectivity index (χ1n) is 5.70. The molecule has 0 saturated heterocycles. The summed E-state index contributed by atoms with van der Waals surface area (Å²) in [7, 11) is 0. The normalized spacial score (nSPS) is 11.3. The summed E-state index contributed by atoms with van der Waals surface area (Å²) in [6, 6.07) is 5.00. The van der Waals surface area contributed by atoms with E-state index in [9.17, 15) is 0 Å². The van der Waals surface area contributed by atoms with Crippen molar-refractivity contribution in [3.63, 3.8) is 0 Å². The molecule has 1 aromatic rings. The van der Waals surface area contributed by atoms with Crippen LogP contribution in [0.25, 0.3) is 0 Å². The van der Waals surface area contributed by atoms with Crippen molar-refractivity contribution in [3.05, 3.63) is 28.8 Å². The highest BCUT2D eigenvalue weighted by Gasteiger charge is 2.11. The lowest BCUT2D eigenvalue weighted by atomic mass is 10.2. The van der Waals surface area contributed by atoms with Gasteiger partial charge in [0.25, 0.3) is 0 Å². The molecule has 3 N–H and O–H groups in total. The van der Waals surface area contributed by atoms with Gasteiger partial charge in [-0.15, -0.1) is 0 Å². The van der Waals surface area contributed by atoms with Crippen molar-refractivity contribution >= 4 is 17.4 Å². The van der Waals surface area contributed by atoms with Crippen molar-refractivity contribution in [1.82, 2.24) is 0 Å². The molecule has 0 heterocycles. The zero-order chi connectivity index (χ0) is 13.8. The molecule has 100 valence electrons. The van der Waals surface area contributed by atoms with Gasteiger partial charge < -0.3 is 15.2 Å². The molecule has 0 aromatic heterocycles. The lowest BCUT2D eigenvalue weighted by Gasteiger charge is -2.20. The topological polar surface area (TPSA) is 68.3 Å². The van der Waals surface area contributed by atoms with E-state index in [1.165, 1.54) is 0 Å². The van der Waals surface area contributed by atoms with E-state index >= 15 is 0 Å². The average molecular weight is 271 g/mol. The average Bonchev–Trinajstić information content (AvgIpc) is 2.22. The summed E-state index contributed by atoms with van der Waals surface area (Å²) in [5.74, 6) is 0.464. The van der Waals surface area contributed by atoms with Crippen LogP contribution < -0.4 is 10.5 Å². The first kappa shape index (κ1) is 14.8. The van der Waals surface area contributed by atoms with Gasteiger partial charge in [0.05, 0.1) is 17.8 Å². The minimum atomic E-state index is -0.193. The number of benzene rings is 1. The number of nitrogen functional groups attached to an aromatic ring is 1. The van der Waals surface area contributed by atoms with Gasteiger partial charge in [-0.1, -0.05) is 11.6 Å². The maximum Gasteiger partial charge on any atom is 0.131 e. The van der Waals surface area contributed by atoms with Crippen LogP contribution in [0.2, 0.25) is 5.02 Å². The summed E-state index contributed by atoms with van der Waals surface area (Å²) in [6.07, 6.45) is 0. The first-order chi connectivity index (χ1) is 8.29. The van der Waals surface area contributed by atoms with Gasteiger partial charge >= 0.3 is 0 Å². The smallest absolute Gasteiger partial charge is 0.131 e. The number of ether oxygens (including phenoxy) is 2. The predicted molar refractivity (Wildman–Crippen MR) is 73.7 cm³/mol. The van der Waals surface area contributed by atoms with E-state index in [0.717, 1.165) is 0 Å². The van der Waals surface area contributed by atoms with Crippen molar-refractivity contribution in [1.29, 1.82) is 5.41 Å². The van der Waals surface area contributed by atoms with Crippen LogP contribution in [-0.2, 0) is 4.74 Å². The molecule has 0 aliphatic heterocycles. The first-order valence-corrected chi connectivity index (χ1v) is 6.08. The third kappa shape index (κ3) is 4.94. The van der Waals surface area contributed by atoms with Crippen LogP contribution in [0.4, 0.5) is 0 Å². The molecule has 18 heavy (non-hydrogen) atoms. The third-order valence-corrected chi connectivity index (χ3v) is 2.34. The number of halogens is 1. The van der Waals surface area contributed by atoms with Crippen molar-refractivity contribution in [2.45, 2.75) is 26.4 Å². The van der Waals surface area contributed by atoms with Crippen LogP contribution in [-0.4, -0.2) is 24.7 Å². The molecule has 0 atom stereocenters. The quantitative estimate of drug-likeness (QED) is 0.491. The lowest BCUT2D eigenvalue weighted by molar-refractivity contribution is -0.0163. The highest BCUT2D eigenvalue weighted by molar-refractivity contribution is 6.30. The maximum atomic E-state index is 7.45. The van der Waals surface area contributed by atoms with Crippen molar-refractivity contribution in [2.24, 2.45) is 5.73 Å². The molecular weight excluding hydrogens is 252 g/mol. The summed E-state index contributed by atoms with van der Waals surface area (Å²) >= 11 is 5.88. The second kappa shape index (κ2) is 6.07. The van der Waals surface area contributed by atoms with Crippen LogP contribution >= 0.6 is 11.6 Å². The molecule has 0 unspecified atom stereocenters. The fourth-order valence-electron chi connectivity index (χ4n) is 1.34. The Kier molecular flexibility index (Phi) is 4.99. The van der Waals surface area contributed by atoms with Gasteiger partial charge in [0, 0.05) is 5.02 Å². The Morgan fingerprint density at radius 3 is 2.56 bits per heavy atom. The molecule has 0 aliphatic rings. The zero-order valence-electron chi connectivity index (χ0n) is 10.9. The molecule has 4 nitrogen and oxygen atoms in total. The Bertz CT molecular complexity index is 427. The fraction of sp³-hybridized carbons (Fsp3) is 0.462. The molecule has 1 aromatic carbocycles. The van der Waals surface area contributed by atoms with E-state index < -0.39 is 0 Å².